The van der Waals surface area contributed by atoms with Crippen molar-refractivity contribution in [3.05, 3.63) is 41.3 Å². The fourth-order valence-corrected chi connectivity index (χ4v) is 2.39. The first kappa shape index (κ1) is 14.9. The molecule has 0 spiro atoms. The van der Waals surface area contributed by atoms with E-state index >= 15 is 0 Å². The normalized spacial score (nSPS) is 10.3. The Labute approximate surface area is 127 Å². The van der Waals surface area contributed by atoms with Crippen molar-refractivity contribution in [3.8, 4) is 5.75 Å². The Balaban J connectivity index is 1.97. The van der Waals surface area contributed by atoms with Crippen LogP contribution in [-0.4, -0.2) is 29.9 Å². The summed E-state index contributed by atoms with van der Waals surface area (Å²) in [6, 6.07) is 7.96. The van der Waals surface area contributed by atoms with E-state index in [1.54, 1.807) is 24.9 Å². The fourth-order valence-electron chi connectivity index (χ4n) is 1.81. The molecule has 0 saturated heterocycles. The number of hydrogen-bond acceptors (Lipinski definition) is 5. The standard InChI is InChI=1S/C14H16ClN3OS/c1-19-12-7-11(20-2)4-3-10(12)5-6-16-14-8-13(15)17-9-18-14/h3-4,7-9H,5-6H2,1-2H3,(H,16,17,18). The molecule has 1 heterocycles. The zero-order valence-corrected chi connectivity index (χ0v) is 13.0. The number of halogens is 1. The van der Waals surface area contributed by atoms with Crippen molar-refractivity contribution in [1.29, 1.82) is 0 Å². The van der Waals surface area contributed by atoms with Crippen molar-refractivity contribution < 1.29 is 4.74 Å². The van der Waals surface area contributed by atoms with Crippen LogP contribution in [0, 0.1) is 0 Å². The second-order valence-electron chi connectivity index (χ2n) is 4.08. The highest BCUT2D eigenvalue weighted by molar-refractivity contribution is 7.98. The van der Waals surface area contributed by atoms with Crippen molar-refractivity contribution in [1.82, 2.24) is 9.97 Å². The average molecular weight is 310 g/mol. The average Bonchev–Trinajstić information content (AvgIpc) is 2.47. The minimum Gasteiger partial charge on any atom is -0.496 e. The topological polar surface area (TPSA) is 47.0 Å². The van der Waals surface area contributed by atoms with Crippen LogP contribution in [0.15, 0.2) is 35.5 Å². The van der Waals surface area contributed by atoms with Crippen molar-refractivity contribution in [2.75, 3.05) is 25.2 Å². The summed E-state index contributed by atoms with van der Waals surface area (Å²) in [6.07, 6.45) is 4.34. The summed E-state index contributed by atoms with van der Waals surface area (Å²) in [5, 5.41) is 3.65. The van der Waals surface area contributed by atoms with E-state index in [-0.39, 0.29) is 0 Å². The lowest BCUT2D eigenvalue weighted by atomic mass is 10.1. The number of aromatic nitrogens is 2. The predicted molar refractivity (Wildman–Crippen MR) is 84.0 cm³/mol. The van der Waals surface area contributed by atoms with E-state index in [0.29, 0.717) is 5.15 Å². The van der Waals surface area contributed by atoms with Crippen LogP contribution in [0.25, 0.3) is 0 Å². The summed E-state index contributed by atoms with van der Waals surface area (Å²) < 4.78 is 5.42. The Morgan fingerprint density at radius 2 is 2.15 bits per heavy atom. The van der Waals surface area contributed by atoms with Gasteiger partial charge in [0.05, 0.1) is 7.11 Å². The van der Waals surface area contributed by atoms with E-state index in [2.05, 4.69) is 39.7 Å². The number of ether oxygens (including phenoxy) is 1. The maximum atomic E-state index is 5.81. The molecule has 0 saturated carbocycles. The van der Waals surface area contributed by atoms with Crippen molar-refractivity contribution >= 4 is 29.2 Å². The summed E-state index contributed by atoms with van der Waals surface area (Å²) in [5.41, 5.74) is 1.16. The molecule has 2 aromatic rings. The molecule has 0 aliphatic rings. The molecule has 0 aliphatic carbocycles. The molecule has 6 heteroatoms. The molecule has 0 amide bonds. The number of benzene rings is 1. The predicted octanol–water partition coefficient (Wildman–Crippen LogP) is 3.52. The van der Waals surface area contributed by atoms with Gasteiger partial charge in [-0.05, 0) is 30.4 Å². The van der Waals surface area contributed by atoms with Gasteiger partial charge in [0, 0.05) is 17.5 Å². The monoisotopic (exact) mass is 309 g/mol. The fraction of sp³-hybridized carbons (Fsp3) is 0.286. The third-order valence-electron chi connectivity index (χ3n) is 2.83. The molecule has 2 rings (SSSR count). The second-order valence-corrected chi connectivity index (χ2v) is 5.35. The van der Waals surface area contributed by atoms with Crippen LogP contribution in [0.3, 0.4) is 0 Å². The van der Waals surface area contributed by atoms with E-state index in [1.165, 1.54) is 11.2 Å². The van der Waals surface area contributed by atoms with Gasteiger partial charge in [-0.1, -0.05) is 17.7 Å². The zero-order valence-electron chi connectivity index (χ0n) is 11.4. The molecule has 106 valence electrons. The van der Waals surface area contributed by atoms with E-state index in [9.17, 15) is 0 Å². The Morgan fingerprint density at radius 3 is 2.85 bits per heavy atom. The van der Waals surface area contributed by atoms with E-state index in [4.69, 9.17) is 16.3 Å². The lowest BCUT2D eigenvalue weighted by molar-refractivity contribution is 0.409. The van der Waals surface area contributed by atoms with Crippen LogP contribution in [0.1, 0.15) is 5.56 Å². The van der Waals surface area contributed by atoms with E-state index in [0.717, 1.165) is 30.1 Å². The third-order valence-corrected chi connectivity index (χ3v) is 3.76. The first-order chi connectivity index (χ1) is 9.72. The van der Waals surface area contributed by atoms with Crippen LogP contribution in [0.2, 0.25) is 5.15 Å². The highest BCUT2D eigenvalue weighted by Crippen LogP contribution is 2.25. The summed E-state index contributed by atoms with van der Waals surface area (Å²) in [7, 11) is 1.70. The number of thioether (sulfide) groups is 1. The molecule has 0 bridgehead atoms. The van der Waals surface area contributed by atoms with Gasteiger partial charge in [-0.3, -0.25) is 0 Å². The van der Waals surface area contributed by atoms with Gasteiger partial charge < -0.3 is 10.1 Å². The molecule has 0 aliphatic heterocycles. The van der Waals surface area contributed by atoms with Crippen LogP contribution in [0.5, 0.6) is 5.75 Å². The lowest BCUT2D eigenvalue weighted by Gasteiger charge is -2.11. The number of hydrogen-bond donors (Lipinski definition) is 1. The van der Waals surface area contributed by atoms with Gasteiger partial charge in [0.25, 0.3) is 0 Å². The molecule has 1 aromatic carbocycles. The molecule has 1 aromatic heterocycles. The maximum Gasteiger partial charge on any atom is 0.134 e. The molecule has 4 nitrogen and oxygen atoms in total. The second kappa shape index (κ2) is 7.36. The molecule has 1 N–H and O–H groups in total. The molecule has 0 fully saturated rings. The van der Waals surface area contributed by atoms with Crippen LogP contribution >= 0.6 is 23.4 Å². The van der Waals surface area contributed by atoms with Gasteiger partial charge in [-0.25, -0.2) is 9.97 Å². The number of rotatable bonds is 6. The minimum absolute atomic E-state index is 0.435. The largest absolute Gasteiger partial charge is 0.496 e. The number of methoxy groups -OCH3 is 1. The smallest absolute Gasteiger partial charge is 0.134 e. The van der Waals surface area contributed by atoms with Crippen LogP contribution in [0.4, 0.5) is 5.82 Å². The molecule has 20 heavy (non-hydrogen) atoms. The van der Waals surface area contributed by atoms with Gasteiger partial charge in [0.15, 0.2) is 0 Å². The van der Waals surface area contributed by atoms with Gasteiger partial charge >= 0.3 is 0 Å². The zero-order chi connectivity index (χ0) is 14.4. The van der Waals surface area contributed by atoms with Crippen molar-refractivity contribution in [2.24, 2.45) is 0 Å². The Kier molecular flexibility index (Phi) is 5.49. The van der Waals surface area contributed by atoms with Gasteiger partial charge in [-0.2, -0.15) is 0 Å². The molecular weight excluding hydrogens is 294 g/mol. The number of nitrogens with one attached hydrogen (secondary N) is 1. The highest BCUT2D eigenvalue weighted by Gasteiger charge is 2.04. The minimum atomic E-state index is 0.435. The van der Waals surface area contributed by atoms with Gasteiger partial charge in [-0.15, -0.1) is 11.8 Å². The third kappa shape index (κ3) is 4.02. The van der Waals surface area contributed by atoms with Gasteiger partial charge in [0.1, 0.15) is 23.0 Å². The quantitative estimate of drug-likeness (QED) is 0.653. The highest BCUT2D eigenvalue weighted by atomic mass is 35.5. The Bertz CT molecular complexity index is 580. The van der Waals surface area contributed by atoms with Crippen molar-refractivity contribution in [3.63, 3.8) is 0 Å². The van der Waals surface area contributed by atoms with Gasteiger partial charge in [0.2, 0.25) is 0 Å². The first-order valence-electron chi connectivity index (χ1n) is 6.15. The molecule has 0 unspecified atom stereocenters. The number of nitrogens with zero attached hydrogens (tertiary/aromatic N) is 2. The first-order valence-corrected chi connectivity index (χ1v) is 7.75. The lowest BCUT2D eigenvalue weighted by Crippen LogP contribution is -2.07. The number of anilines is 1. The van der Waals surface area contributed by atoms with Crippen LogP contribution < -0.4 is 10.1 Å². The van der Waals surface area contributed by atoms with Crippen LogP contribution in [-0.2, 0) is 6.42 Å². The summed E-state index contributed by atoms with van der Waals surface area (Å²) in [6.45, 7) is 0.752. The van der Waals surface area contributed by atoms with E-state index in [1.807, 2.05) is 0 Å². The van der Waals surface area contributed by atoms with Crippen molar-refractivity contribution in [2.45, 2.75) is 11.3 Å². The van der Waals surface area contributed by atoms with E-state index < -0.39 is 0 Å². The maximum absolute atomic E-state index is 5.81. The molecular formula is C14H16ClN3OS. The Morgan fingerprint density at radius 1 is 1.30 bits per heavy atom. The SMILES string of the molecule is COc1cc(SC)ccc1CCNc1cc(Cl)ncn1. The molecule has 0 radical (unpaired) electrons. The molecule has 0 atom stereocenters. The summed E-state index contributed by atoms with van der Waals surface area (Å²) in [4.78, 5) is 9.14. The Hall–Kier alpha value is -1.46. The summed E-state index contributed by atoms with van der Waals surface area (Å²) in [5.74, 6) is 1.64. The summed E-state index contributed by atoms with van der Waals surface area (Å²) >= 11 is 7.51.